The van der Waals surface area contributed by atoms with Gasteiger partial charge in [-0.2, -0.15) is 0 Å². The Morgan fingerprint density at radius 1 is 1.07 bits per heavy atom. The molecule has 7 nitrogen and oxygen atoms in total. The molecule has 28 heavy (non-hydrogen) atoms. The van der Waals surface area contributed by atoms with E-state index in [1.165, 1.54) is 0 Å². The molecule has 0 radical (unpaired) electrons. The second kappa shape index (κ2) is 11.5. The summed E-state index contributed by atoms with van der Waals surface area (Å²) in [6, 6.07) is 5.25. The van der Waals surface area contributed by atoms with Crippen LogP contribution in [0.25, 0.3) is 0 Å². The largest absolute Gasteiger partial charge is 0.455 e. The van der Waals surface area contributed by atoms with E-state index >= 15 is 0 Å². The second-order valence-electron chi connectivity index (χ2n) is 7.56. The molecule has 8 heteroatoms. The lowest BCUT2D eigenvalue weighted by molar-refractivity contribution is -0.152. The SMILES string of the molecule is CC(C)CN(CC(C)C)C(=O)COC(=O)CC(NC(N)=O)c1ccc(Cl)cc1. The molecular weight excluding hydrogens is 382 g/mol. The number of carbonyl (C=O) groups excluding carboxylic acids is 3. The molecule has 0 bridgehead atoms. The number of ether oxygens (including phenoxy) is 1. The maximum atomic E-state index is 12.4. The van der Waals surface area contributed by atoms with Gasteiger partial charge in [0.1, 0.15) is 0 Å². The number of amides is 3. The third kappa shape index (κ3) is 9.08. The average Bonchev–Trinajstić information content (AvgIpc) is 2.58. The van der Waals surface area contributed by atoms with Crippen LogP contribution >= 0.6 is 11.6 Å². The van der Waals surface area contributed by atoms with Crippen LogP contribution in [0.4, 0.5) is 4.79 Å². The highest BCUT2D eigenvalue weighted by Crippen LogP contribution is 2.20. The van der Waals surface area contributed by atoms with Gasteiger partial charge in [0.15, 0.2) is 6.61 Å². The zero-order chi connectivity index (χ0) is 21.3. The van der Waals surface area contributed by atoms with Crippen LogP contribution in [0.3, 0.4) is 0 Å². The molecule has 0 heterocycles. The third-order valence-corrected chi connectivity index (χ3v) is 4.09. The van der Waals surface area contributed by atoms with Crippen LogP contribution in [-0.4, -0.2) is 42.5 Å². The first-order valence-corrected chi connectivity index (χ1v) is 9.71. The molecule has 3 amide bonds. The van der Waals surface area contributed by atoms with Crippen LogP contribution in [0.5, 0.6) is 0 Å². The van der Waals surface area contributed by atoms with E-state index in [1.807, 2.05) is 27.7 Å². The zero-order valence-corrected chi connectivity index (χ0v) is 17.7. The van der Waals surface area contributed by atoms with E-state index in [0.29, 0.717) is 35.5 Å². The summed E-state index contributed by atoms with van der Waals surface area (Å²) >= 11 is 5.87. The van der Waals surface area contributed by atoms with E-state index in [4.69, 9.17) is 22.1 Å². The smallest absolute Gasteiger partial charge is 0.312 e. The number of rotatable bonds is 10. The van der Waals surface area contributed by atoms with Crippen molar-refractivity contribution < 1.29 is 19.1 Å². The second-order valence-corrected chi connectivity index (χ2v) is 8.00. The first-order chi connectivity index (χ1) is 13.1. The fourth-order valence-electron chi connectivity index (χ4n) is 2.74. The fraction of sp³-hybridized carbons (Fsp3) is 0.550. The molecule has 0 spiro atoms. The van der Waals surface area contributed by atoms with Crippen molar-refractivity contribution >= 4 is 29.5 Å². The number of hydrogen-bond acceptors (Lipinski definition) is 4. The molecule has 0 aromatic heterocycles. The number of hydrogen-bond donors (Lipinski definition) is 2. The summed E-state index contributed by atoms with van der Waals surface area (Å²) in [7, 11) is 0. The predicted octanol–water partition coefficient (Wildman–Crippen LogP) is 3.12. The zero-order valence-electron chi connectivity index (χ0n) is 16.9. The van der Waals surface area contributed by atoms with Gasteiger partial charge < -0.3 is 20.7 Å². The van der Waals surface area contributed by atoms with Crippen molar-refractivity contribution in [2.45, 2.75) is 40.2 Å². The number of urea groups is 1. The minimum absolute atomic E-state index is 0.147. The van der Waals surface area contributed by atoms with Crippen LogP contribution in [0, 0.1) is 11.8 Å². The highest BCUT2D eigenvalue weighted by atomic mass is 35.5. The van der Waals surface area contributed by atoms with Gasteiger partial charge in [0.2, 0.25) is 0 Å². The fourth-order valence-corrected chi connectivity index (χ4v) is 2.86. The lowest BCUT2D eigenvalue weighted by Crippen LogP contribution is -2.40. The Morgan fingerprint density at radius 2 is 1.61 bits per heavy atom. The molecule has 0 aliphatic carbocycles. The van der Waals surface area contributed by atoms with Gasteiger partial charge in [-0.25, -0.2) is 4.79 Å². The molecule has 1 aromatic carbocycles. The maximum Gasteiger partial charge on any atom is 0.312 e. The number of nitrogens with one attached hydrogen (secondary N) is 1. The Labute approximate surface area is 171 Å². The summed E-state index contributed by atoms with van der Waals surface area (Å²) in [5, 5.41) is 3.04. The van der Waals surface area contributed by atoms with Gasteiger partial charge in [0, 0.05) is 18.1 Å². The normalized spacial score (nSPS) is 12.0. The molecule has 0 fully saturated rings. The van der Waals surface area contributed by atoms with E-state index in [-0.39, 0.29) is 18.9 Å². The molecule has 1 atom stereocenters. The molecule has 0 saturated heterocycles. The summed E-state index contributed by atoms with van der Waals surface area (Å²) in [4.78, 5) is 37.6. The van der Waals surface area contributed by atoms with Gasteiger partial charge in [-0.15, -0.1) is 0 Å². The minimum atomic E-state index is -0.760. The average molecular weight is 412 g/mol. The Kier molecular flexibility index (Phi) is 9.79. The van der Waals surface area contributed by atoms with Crippen LogP contribution in [-0.2, 0) is 14.3 Å². The number of halogens is 1. The number of esters is 1. The molecule has 0 saturated carbocycles. The van der Waals surface area contributed by atoms with Gasteiger partial charge in [-0.05, 0) is 29.5 Å². The highest BCUT2D eigenvalue weighted by Gasteiger charge is 2.21. The Hall–Kier alpha value is -2.28. The molecule has 0 aliphatic rings. The maximum absolute atomic E-state index is 12.4. The van der Waals surface area contributed by atoms with Crippen LogP contribution < -0.4 is 11.1 Å². The van der Waals surface area contributed by atoms with Crippen molar-refractivity contribution in [3.05, 3.63) is 34.9 Å². The number of nitrogens with zero attached hydrogens (tertiary/aromatic N) is 1. The quantitative estimate of drug-likeness (QED) is 0.577. The van der Waals surface area contributed by atoms with Crippen molar-refractivity contribution in [3.63, 3.8) is 0 Å². The van der Waals surface area contributed by atoms with Crippen molar-refractivity contribution in [1.82, 2.24) is 10.2 Å². The summed E-state index contributed by atoms with van der Waals surface area (Å²) in [6.07, 6.45) is -0.147. The first kappa shape index (κ1) is 23.8. The summed E-state index contributed by atoms with van der Waals surface area (Å²) < 4.78 is 5.16. The van der Waals surface area contributed by atoms with Crippen LogP contribution in [0.15, 0.2) is 24.3 Å². The Bertz CT molecular complexity index is 652. The van der Waals surface area contributed by atoms with Gasteiger partial charge in [0.05, 0.1) is 12.5 Å². The monoisotopic (exact) mass is 411 g/mol. The van der Waals surface area contributed by atoms with E-state index < -0.39 is 18.0 Å². The third-order valence-electron chi connectivity index (χ3n) is 3.84. The van der Waals surface area contributed by atoms with Gasteiger partial charge >= 0.3 is 12.0 Å². The van der Waals surface area contributed by atoms with E-state index in [2.05, 4.69) is 5.32 Å². The van der Waals surface area contributed by atoms with Crippen molar-refractivity contribution in [1.29, 1.82) is 0 Å². The summed E-state index contributed by atoms with van der Waals surface area (Å²) in [5.41, 5.74) is 5.86. The molecule has 0 aliphatic heterocycles. The van der Waals surface area contributed by atoms with Crippen molar-refractivity contribution in [3.8, 4) is 0 Å². The molecular formula is C20H30ClN3O4. The van der Waals surface area contributed by atoms with Crippen LogP contribution in [0.1, 0.15) is 45.7 Å². The van der Waals surface area contributed by atoms with E-state index in [1.54, 1.807) is 29.2 Å². The van der Waals surface area contributed by atoms with Crippen molar-refractivity contribution in [2.24, 2.45) is 17.6 Å². The molecule has 3 N–H and O–H groups in total. The van der Waals surface area contributed by atoms with Crippen molar-refractivity contribution in [2.75, 3.05) is 19.7 Å². The topological polar surface area (TPSA) is 102 Å². The number of nitrogens with two attached hydrogens (primary N) is 1. The number of carbonyl (C=O) groups is 3. The standard InChI is InChI=1S/C20H30ClN3O4/c1-13(2)10-24(11-14(3)4)18(25)12-28-19(26)9-17(23-20(22)27)15-5-7-16(21)8-6-15/h5-8,13-14,17H,9-12H2,1-4H3,(H3,22,23,27). The van der Waals surface area contributed by atoms with Gasteiger partial charge in [-0.1, -0.05) is 51.4 Å². The van der Waals surface area contributed by atoms with Gasteiger partial charge in [0.25, 0.3) is 5.91 Å². The van der Waals surface area contributed by atoms with Crippen LogP contribution in [0.2, 0.25) is 5.02 Å². The van der Waals surface area contributed by atoms with E-state index in [9.17, 15) is 14.4 Å². The lowest BCUT2D eigenvalue weighted by Gasteiger charge is -2.26. The van der Waals surface area contributed by atoms with E-state index in [0.717, 1.165) is 0 Å². The number of benzene rings is 1. The van der Waals surface area contributed by atoms with Gasteiger partial charge in [-0.3, -0.25) is 9.59 Å². The summed E-state index contributed by atoms with van der Waals surface area (Å²) in [5.74, 6) is -0.211. The first-order valence-electron chi connectivity index (χ1n) is 9.33. The highest BCUT2D eigenvalue weighted by molar-refractivity contribution is 6.30. The molecule has 1 aromatic rings. The molecule has 156 valence electrons. The minimum Gasteiger partial charge on any atom is -0.455 e. The number of primary amides is 1. The lowest BCUT2D eigenvalue weighted by atomic mass is 10.0. The summed E-state index contributed by atoms with van der Waals surface area (Å²) in [6.45, 7) is 8.98. The Balaban J connectivity index is 2.69. The Morgan fingerprint density at radius 3 is 2.07 bits per heavy atom. The molecule has 1 unspecified atom stereocenters. The predicted molar refractivity (Wildman–Crippen MR) is 109 cm³/mol. The molecule has 1 rings (SSSR count).